The second kappa shape index (κ2) is 5.11. The van der Waals surface area contributed by atoms with Gasteiger partial charge in [-0.3, -0.25) is 0 Å². The standard InChI is InChI=1S/C11H15NO3/c12-5-6-13-10-3-1-9(2-4-10)11-14-7-8-15-11/h1-4,11H,5-8,12H2. The summed E-state index contributed by atoms with van der Waals surface area (Å²) in [6, 6.07) is 7.69. The normalized spacial score (nSPS) is 16.9. The highest BCUT2D eigenvalue weighted by molar-refractivity contribution is 5.28. The lowest BCUT2D eigenvalue weighted by Crippen LogP contribution is -2.10. The highest BCUT2D eigenvalue weighted by atomic mass is 16.7. The number of benzene rings is 1. The molecule has 2 N–H and O–H groups in total. The summed E-state index contributed by atoms with van der Waals surface area (Å²) in [4.78, 5) is 0. The molecule has 1 fully saturated rings. The van der Waals surface area contributed by atoms with Crippen LogP contribution in [0.15, 0.2) is 24.3 Å². The minimum Gasteiger partial charge on any atom is -0.492 e. The molecule has 0 saturated carbocycles. The predicted molar refractivity (Wildman–Crippen MR) is 55.6 cm³/mol. The van der Waals surface area contributed by atoms with E-state index in [-0.39, 0.29) is 6.29 Å². The zero-order chi connectivity index (χ0) is 10.5. The van der Waals surface area contributed by atoms with Gasteiger partial charge in [0.2, 0.25) is 0 Å². The second-order valence-corrected chi connectivity index (χ2v) is 3.28. The average Bonchev–Trinajstić information content (AvgIpc) is 2.80. The number of ether oxygens (including phenoxy) is 3. The van der Waals surface area contributed by atoms with E-state index in [1.165, 1.54) is 0 Å². The fourth-order valence-corrected chi connectivity index (χ4v) is 1.45. The maximum atomic E-state index is 5.38. The van der Waals surface area contributed by atoms with E-state index in [0.29, 0.717) is 26.4 Å². The quantitative estimate of drug-likeness (QED) is 0.806. The third-order valence-electron chi connectivity index (χ3n) is 2.16. The molecule has 0 unspecified atom stereocenters. The molecule has 1 aromatic rings. The Hall–Kier alpha value is -1.10. The number of nitrogens with two attached hydrogens (primary N) is 1. The zero-order valence-corrected chi connectivity index (χ0v) is 8.52. The number of hydrogen-bond acceptors (Lipinski definition) is 4. The van der Waals surface area contributed by atoms with Crippen molar-refractivity contribution in [1.29, 1.82) is 0 Å². The molecule has 1 aromatic carbocycles. The summed E-state index contributed by atoms with van der Waals surface area (Å²) in [6.45, 7) is 2.39. The van der Waals surface area contributed by atoms with E-state index in [4.69, 9.17) is 19.9 Å². The van der Waals surface area contributed by atoms with Gasteiger partial charge in [0.05, 0.1) is 13.2 Å². The SMILES string of the molecule is NCCOc1ccc(C2OCCO2)cc1. The molecule has 1 heterocycles. The van der Waals surface area contributed by atoms with Crippen molar-refractivity contribution in [2.45, 2.75) is 6.29 Å². The third-order valence-corrected chi connectivity index (χ3v) is 2.16. The molecule has 2 rings (SSSR count). The summed E-state index contributed by atoms with van der Waals surface area (Å²) >= 11 is 0. The summed E-state index contributed by atoms with van der Waals surface area (Å²) in [7, 11) is 0. The lowest BCUT2D eigenvalue weighted by Gasteiger charge is -2.10. The fraction of sp³-hybridized carbons (Fsp3) is 0.455. The van der Waals surface area contributed by atoms with Crippen LogP contribution in [0.2, 0.25) is 0 Å². The zero-order valence-electron chi connectivity index (χ0n) is 8.52. The van der Waals surface area contributed by atoms with Crippen molar-refractivity contribution in [3.8, 4) is 5.75 Å². The fourth-order valence-electron chi connectivity index (χ4n) is 1.45. The van der Waals surface area contributed by atoms with E-state index >= 15 is 0 Å². The molecule has 0 aromatic heterocycles. The molecule has 0 radical (unpaired) electrons. The van der Waals surface area contributed by atoms with Crippen LogP contribution < -0.4 is 10.5 Å². The molecular formula is C11H15NO3. The monoisotopic (exact) mass is 209 g/mol. The van der Waals surface area contributed by atoms with Gasteiger partial charge in [-0.25, -0.2) is 0 Å². The molecule has 1 aliphatic heterocycles. The highest BCUT2D eigenvalue weighted by Crippen LogP contribution is 2.24. The van der Waals surface area contributed by atoms with Crippen molar-refractivity contribution in [3.05, 3.63) is 29.8 Å². The topological polar surface area (TPSA) is 53.7 Å². The third kappa shape index (κ3) is 2.68. The van der Waals surface area contributed by atoms with Crippen LogP contribution in [0, 0.1) is 0 Å². The van der Waals surface area contributed by atoms with Crippen LogP contribution in [0.25, 0.3) is 0 Å². The molecule has 4 heteroatoms. The van der Waals surface area contributed by atoms with Crippen LogP contribution in [0.1, 0.15) is 11.9 Å². The Morgan fingerprint density at radius 1 is 1.20 bits per heavy atom. The largest absolute Gasteiger partial charge is 0.492 e. The lowest BCUT2D eigenvalue weighted by atomic mass is 10.2. The van der Waals surface area contributed by atoms with Gasteiger partial charge in [0.1, 0.15) is 12.4 Å². The Bertz CT molecular complexity index is 293. The van der Waals surface area contributed by atoms with Gasteiger partial charge in [-0.1, -0.05) is 12.1 Å². The first-order valence-electron chi connectivity index (χ1n) is 5.06. The number of rotatable bonds is 4. The van der Waals surface area contributed by atoms with Crippen molar-refractivity contribution < 1.29 is 14.2 Å². The van der Waals surface area contributed by atoms with Gasteiger partial charge in [0.15, 0.2) is 6.29 Å². The van der Waals surface area contributed by atoms with Crippen molar-refractivity contribution in [2.75, 3.05) is 26.4 Å². The van der Waals surface area contributed by atoms with E-state index < -0.39 is 0 Å². The highest BCUT2D eigenvalue weighted by Gasteiger charge is 2.17. The van der Waals surface area contributed by atoms with Crippen molar-refractivity contribution in [1.82, 2.24) is 0 Å². The molecule has 82 valence electrons. The summed E-state index contributed by atoms with van der Waals surface area (Å²) in [5.74, 6) is 0.821. The Morgan fingerprint density at radius 2 is 1.87 bits per heavy atom. The first-order valence-corrected chi connectivity index (χ1v) is 5.06. The van der Waals surface area contributed by atoms with Gasteiger partial charge in [-0.2, -0.15) is 0 Å². The molecule has 0 bridgehead atoms. The summed E-state index contributed by atoms with van der Waals surface area (Å²) in [5, 5.41) is 0. The summed E-state index contributed by atoms with van der Waals surface area (Å²) in [6.07, 6.45) is -0.214. The summed E-state index contributed by atoms with van der Waals surface area (Å²) < 4.78 is 16.1. The van der Waals surface area contributed by atoms with Gasteiger partial charge in [-0.05, 0) is 12.1 Å². The van der Waals surface area contributed by atoms with Crippen molar-refractivity contribution in [3.63, 3.8) is 0 Å². The van der Waals surface area contributed by atoms with Gasteiger partial charge < -0.3 is 19.9 Å². The van der Waals surface area contributed by atoms with E-state index in [1.807, 2.05) is 24.3 Å². The van der Waals surface area contributed by atoms with Crippen LogP contribution >= 0.6 is 0 Å². The molecule has 4 nitrogen and oxygen atoms in total. The maximum Gasteiger partial charge on any atom is 0.184 e. The predicted octanol–water partition coefficient (Wildman–Crippen LogP) is 1.07. The summed E-state index contributed by atoms with van der Waals surface area (Å²) in [5.41, 5.74) is 6.36. The van der Waals surface area contributed by atoms with Gasteiger partial charge in [0, 0.05) is 12.1 Å². The van der Waals surface area contributed by atoms with E-state index in [2.05, 4.69) is 0 Å². The molecule has 15 heavy (non-hydrogen) atoms. The Balaban J connectivity index is 1.96. The van der Waals surface area contributed by atoms with Crippen LogP contribution in [0.3, 0.4) is 0 Å². The van der Waals surface area contributed by atoms with E-state index in [1.54, 1.807) is 0 Å². The van der Waals surface area contributed by atoms with E-state index in [9.17, 15) is 0 Å². The van der Waals surface area contributed by atoms with Crippen molar-refractivity contribution >= 4 is 0 Å². The molecule has 0 atom stereocenters. The van der Waals surface area contributed by atoms with Crippen LogP contribution in [-0.2, 0) is 9.47 Å². The average molecular weight is 209 g/mol. The maximum absolute atomic E-state index is 5.38. The van der Waals surface area contributed by atoms with Gasteiger partial charge in [0.25, 0.3) is 0 Å². The van der Waals surface area contributed by atoms with Gasteiger partial charge >= 0.3 is 0 Å². The Morgan fingerprint density at radius 3 is 2.47 bits per heavy atom. The minimum absolute atomic E-state index is 0.214. The second-order valence-electron chi connectivity index (χ2n) is 3.28. The molecule has 0 aliphatic carbocycles. The molecular weight excluding hydrogens is 194 g/mol. The molecule has 0 amide bonds. The van der Waals surface area contributed by atoms with Crippen molar-refractivity contribution in [2.24, 2.45) is 5.73 Å². The molecule has 0 spiro atoms. The Kier molecular flexibility index (Phi) is 3.55. The van der Waals surface area contributed by atoms with Crippen LogP contribution in [0.5, 0.6) is 5.75 Å². The number of hydrogen-bond donors (Lipinski definition) is 1. The minimum atomic E-state index is -0.214. The van der Waals surface area contributed by atoms with Crippen LogP contribution in [-0.4, -0.2) is 26.4 Å². The first kappa shape index (κ1) is 10.4. The first-order chi connectivity index (χ1) is 7.40. The lowest BCUT2D eigenvalue weighted by molar-refractivity contribution is -0.0441. The smallest absolute Gasteiger partial charge is 0.184 e. The van der Waals surface area contributed by atoms with E-state index in [0.717, 1.165) is 11.3 Å². The van der Waals surface area contributed by atoms with Crippen LogP contribution in [0.4, 0.5) is 0 Å². The Labute approximate surface area is 88.9 Å². The molecule has 1 saturated heterocycles. The molecule has 1 aliphatic rings. The van der Waals surface area contributed by atoms with Gasteiger partial charge in [-0.15, -0.1) is 0 Å².